The Balaban J connectivity index is 2.04. The molecule has 0 aromatic carbocycles. The number of aliphatic carboxylic acids is 1. The molecule has 1 unspecified atom stereocenters. The Morgan fingerprint density at radius 1 is 1.53 bits per heavy atom. The van der Waals surface area contributed by atoms with Gasteiger partial charge in [0, 0.05) is 25.0 Å². The van der Waals surface area contributed by atoms with E-state index in [1.165, 1.54) is 12.0 Å². The van der Waals surface area contributed by atoms with E-state index in [1.54, 1.807) is 6.20 Å². The quantitative estimate of drug-likeness (QED) is 0.866. The van der Waals surface area contributed by atoms with Gasteiger partial charge in [-0.15, -0.1) is 0 Å². The van der Waals surface area contributed by atoms with Crippen molar-refractivity contribution < 1.29 is 9.90 Å². The van der Waals surface area contributed by atoms with Crippen molar-refractivity contribution >= 4 is 5.97 Å². The van der Waals surface area contributed by atoms with Gasteiger partial charge in [-0.1, -0.05) is 12.5 Å². The van der Waals surface area contributed by atoms with Crippen molar-refractivity contribution in [3.05, 3.63) is 30.1 Å². The van der Waals surface area contributed by atoms with Gasteiger partial charge in [-0.25, -0.2) is 0 Å². The summed E-state index contributed by atoms with van der Waals surface area (Å²) in [7, 11) is 0. The average Bonchev–Trinajstić information content (AvgIpc) is 2.38. The smallest absolute Gasteiger partial charge is 0.304 e. The molecule has 92 valence electrons. The molecule has 1 aliphatic rings. The van der Waals surface area contributed by atoms with E-state index in [2.05, 4.69) is 16.0 Å². The molecule has 0 saturated carbocycles. The maximum atomic E-state index is 10.6. The molecule has 1 saturated heterocycles. The van der Waals surface area contributed by atoms with Crippen LogP contribution in [0, 0.1) is 0 Å². The number of hydrogen-bond acceptors (Lipinski definition) is 3. The number of carboxylic acid groups (broad SMARTS) is 1. The fourth-order valence-electron chi connectivity index (χ4n) is 2.45. The van der Waals surface area contributed by atoms with Crippen molar-refractivity contribution in [2.45, 2.75) is 31.7 Å². The van der Waals surface area contributed by atoms with Gasteiger partial charge in [0.2, 0.25) is 0 Å². The number of aromatic nitrogens is 1. The summed E-state index contributed by atoms with van der Waals surface area (Å²) >= 11 is 0. The molecule has 0 aliphatic carbocycles. The second kappa shape index (κ2) is 5.77. The predicted molar refractivity (Wildman–Crippen MR) is 64.7 cm³/mol. The Labute approximate surface area is 101 Å². The summed E-state index contributed by atoms with van der Waals surface area (Å²) in [4.78, 5) is 17.1. The first-order valence-corrected chi connectivity index (χ1v) is 6.13. The van der Waals surface area contributed by atoms with Gasteiger partial charge in [-0.3, -0.25) is 14.7 Å². The van der Waals surface area contributed by atoms with Gasteiger partial charge >= 0.3 is 5.97 Å². The lowest BCUT2D eigenvalue weighted by atomic mass is 9.96. The SMILES string of the molecule is O=C(O)CCN1CCCCC1c1cccnc1. The number of carbonyl (C=O) groups is 1. The van der Waals surface area contributed by atoms with Crippen LogP contribution in [0.3, 0.4) is 0 Å². The van der Waals surface area contributed by atoms with Gasteiger partial charge in [0.05, 0.1) is 6.42 Å². The van der Waals surface area contributed by atoms with Crippen molar-refractivity contribution in [2.75, 3.05) is 13.1 Å². The second-order valence-corrected chi connectivity index (χ2v) is 4.48. The van der Waals surface area contributed by atoms with Crippen LogP contribution in [-0.4, -0.2) is 34.0 Å². The number of hydrogen-bond donors (Lipinski definition) is 1. The molecule has 2 rings (SSSR count). The van der Waals surface area contributed by atoms with E-state index in [9.17, 15) is 4.79 Å². The maximum Gasteiger partial charge on any atom is 0.304 e. The van der Waals surface area contributed by atoms with Crippen LogP contribution in [0.25, 0.3) is 0 Å². The summed E-state index contributed by atoms with van der Waals surface area (Å²) in [6, 6.07) is 4.37. The van der Waals surface area contributed by atoms with Crippen LogP contribution >= 0.6 is 0 Å². The first-order chi connectivity index (χ1) is 8.27. The highest BCUT2D eigenvalue weighted by Crippen LogP contribution is 2.30. The Morgan fingerprint density at radius 2 is 2.41 bits per heavy atom. The third kappa shape index (κ3) is 3.27. The minimum atomic E-state index is -0.722. The summed E-state index contributed by atoms with van der Waals surface area (Å²) in [6.45, 7) is 1.63. The van der Waals surface area contributed by atoms with Crippen LogP contribution in [0.15, 0.2) is 24.5 Å². The molecular formula is C13H18N2O2. The molecule has 4 heteroatoms. The number of pyridine rings is 1. The highest BCUT2D eigenvalue weighted by atomic mass is 16.4. The molecular weight excluding hydrogens is 216 g/mol. The predicted octanol–water partition coefficient (Wildman–Crippen LogP) is 2.08. The summed E-state index contributed by atoms with van der Waals surface area (Å²) < 4.78 is 0. The molecule has 0 radical (unpaired) electrons. The minimum absolute atomic E-state index is 0.219. The fourth-order valence-corrected chi connectivity index (χ4v) is 2.45. The third-order valence-electron chi connectivity index (χ3n) is 3.30. The Hall–Kier alpha value is -1.42. The standard InChI is InChI=1S/C13H18N2O2/c16-13(17)6-9-15-8-2-1-5-12(15)11-4-3-7-14-10-11/h3-4,7,10,12H,1-2,5-6,8-9H2,(H,16,17). The lowest BCUT2D eigenvalue weighted by Gasteiger charge is -2.35. The topological polar surface area (TPSA) is 53.4 Å². The summed E-state index contributed by atoms with van der Waals surface area (Å²) in [5, 5.41) is 8.76. The van der Waals surface area contributed by atoms with E-state index in [1.807, 2.05) is 12.3 Å². The van der Waals surface area contributed by atoms with Crippen molar-refractivity contribution in [3.8, 4) is 0 Å². The minimum Gasteiger partial charge on any atom is -0.481 e. The van der Waals surface area contributed by atoms with Crippen molar-refractivity contribution in [1.82, 2.24) is 9.88 Å². The summed E-state index contributed by atoms with van der Waals surface area (Å²) in [6.07, 6.45) is 7.36. The van der Waals surface area contributed by atoms with Crippen LogP contribution in [0.1, 0.15) is 37.3 Å². The van der Waals surface area contributed by atoms with Crippen LogP contribution in [0.2, 0.25) is 0 Å². The molecule has 17 heavy (non-hydrogen) atoms. The van der Waals surface area contributed by atoms with Crippen LogP contribution in [0.5, 0.6) is 0 Å². The summed E-state index contributed by atoms with van der Waals surface area (Å²) in [5.41, 5.74) is 1.21. The first kappa shape index (κ1) is 12.0. The number of nitrogens with zero attached hydrogens (tertiary/aromatic N) is 2. The number of rotatable bonds is 4. The molecule has 1 aliphatic heterocycles. The highest BCUT2D eigenvalue weighted by molar-refractivity contribution is 5.66. The normalized spacial score (nSPS) is 21.3. The van der Waals surface area contributed by atoms with Crippen molar-refractivity contribution in [1.29, 1.82) is 0 Å². The lowest BCUT2D eigenvalue weighted by Crippen LogP contribution is -2.35. The first-order valence-electron chi connectivity index (χ1n) is 6.13. The van der Waals surface area contributed by atoms with E-state index >= 15 is 0 Å². The Morgan fingerprint density at radius 3 is 3.12 bits per heavy atom. The number of piperidine rings is 1. The number of likely N-dealkylation sites (tertiary alicyclic amines) is 1. The van der Waals surface area contributed by atoms with E-state index in [0.717, 1.165) is 19.4 Å². The molecule has 0 amide bonds. The van der Waals surface area contributed by atoms with Crippen LogP contribution < -0.4 is 0 Å². The molecule has 0 bridgehead atoms. The third-order valence-corrected chi connectivity index (χ3v) is 3.30. The highest BCUT2D eigenvalue weighted by Gasteiger charge is 2.24. The van der Waals surface area contributed by atoms with Crippen molar-refractivity contribution in [3.63, 3.8) is 0 Å². The maximum absolute atomic E-state index is 10.6. The zero-order chi connectivity index (χ0) is 12.1. The molecule has 1 atom stereocenters. The summed E-state index contributed by atoms with van der Waals surface area (Å²) in [5.74, 6) is -0.722. The Bertz CT molecular complexity index is 367. The van der Waals surface area contributed by atoms with Gasteiger partial charge in [-0.2, -0.15) is 0 Å². The van der Waals surface area contributed by atoms with E-state index < -0.39 is 5.97 Å². The van der Waals surface area contributed by atoms with Crippen LogP contribution in [0.4, 0.5) is 0 Å². The van der Waals surface area contributed by atoms with Gasteiger partial charge < -0.3 is 5.11 Å². The van der Waals surface area contributed by atoms with E-state index in [0.29, 0.717) is 12.6 Å². The zero-order valence-electron chi connectivity index (χ0n) is 9.88. The molecule has 1 aromatic heterocycles. The van der Waals surface area contributed by atoms with E-state index in [-0.39, 0.29) is 6.42 Å². The fraction of sp³-hybridized carbons (Fsp3) is 0.538. The van der Waals surface area contributed by atoms with Gasteiger partial charge in [-0.05, 0) is 31.0 Å². The lowest BCUT2D eigenvalue weighted by molar-refractivity contribution is -0.137. The Kier molecular flexibility index (Phi) is 4.09. The average molecular weight is 234 g/mol. The zero-order valence-corrected chi connectivity index (χ0v) is 9.88. The second-order valence-electron chi connectivity index (χ2n) is 4.48. The molecule has 2 heterocycles. The van der Waals surface area contributed by atoms with Crippen molar-refractivity contribution in [2.24, 2.45) is 0 Å². The molecule has 1 fully saturated rings. The molecule has 1 aromatic rings. The number of carboxylic acids is 1. The van der Waals surface area contributed by atoms with Crippen LogP contribution in [-0.2, 0) is 4.79 Å². The van der Waals surface area contributed by atoms with Gasteiger partial charge in [0.25, 0.3) is 0 Å². The van der Waals surface area contributed by atoms with E-state index in [4.69, 9.17) is 5.11 Å². The molecule has 0 spiro atoms. The van der Waals surface area contributed by atoms with Gasteiger partial charge in [0.1, 0.15) is 0 Å². The molecule has 4 nitrogen and oxygen atoms in total. The monoisotopic (exact) mass is 234 g/mol. The molecule has 1 N–H and O–H groups in total. The van der Waals surface area contributed by atoms with Gasteiger partial charge in [0.15, 0.2) is 0 Å². The largest absolute Gasteiger partial charge is 0.481 e.